The van der Waals surface area contributed by atoms with Crippen molar-refractivity contribution in [3.63, 3.8) is 0 Å². The van der Waals surface area contributed by atoms with Crippen LogP contribution < -0.4 is 0 Å². The van der Waals surface area contributed by atoms with Crippen LogP contribution in [0.5, 0.6) is 0 Å². The normalized spacial score (nSPS) is 18.1. The number of hydrogen-bond acceptors (Lipinski definition) is 4. The van der Waals surface area contributed by atoms with Crippen LogP contribution in [0, 0.1) is 5.92 Å². The molecule has 0 aromatic heterocycles. The van der Waals surface area contributed by atoms with Crippen LogP contribution in [0.3, 0.4) is 0 Å². The topological polar surface area (TPSA) is 60.4 Å². The molecule has 20 heavy (non-hydrogen) atoms. The second-order valence-electron chi connectivity index (χ2n) is 5.63. The van der Waals surface area contributed by atoms with Crippen LogP contribution in [0.15, 0.2) is 18.2 Å². The number of benzene rings is 1. The molecule has 0 saturated carbocycles. The molecule has 0 radical (unpaired) electrons. The Morgan fingerprint density at radius 3 is 2.55 bits per heavy atom. The molecule has 1 aliphatic carbocycles. The van der Waals surface area contributed by atoms with Crippen molar-refractivity contribution in [3.8, 4) is 0 Å². The first-order valence-electron chi connectivity index (χ1n) is 6.75. The molecule has 0 bridgehead atoms. The second-order valence-corrected chi connectivity index (χ2v) is 8.23. The molecule has 0 unspecified atom stereocenters. The highest BCUT2D eigenvalue weighted by molar-refractivity contribution is 7.91. The van der Waals surface area contributed by atoms with Gasteiger partial charge in [-0.15, -0.1) is 0 Å². The number of methoxy groups -OCH3 is 1. The summed E-state index contributed by atoms with van der Waals surface area (Å²) in [6.45, 7) is 3.43. The van der Waals surface area contributed by atoms with Gasteiger partial charge in [0.25, 0.3) is 0 Å². The Balaban J connectivity index is 2.14. The summed E-state index contributed by atoms with van der Waals surface area (Å²) in [5.41, 5.74) is 2.73. The largest absolute Gasteiger partial charge is 0.465 e. The maximum atomic E-state index is 12.0. The molecule has 1 aliphatic rings. The van der Waals surface area contributed by atoms with Gasteiger partial charge in [-0.05, 0) is 55.9 Å². The van der Waals surface area contributed by atoms with Crippen LogP contribution in [-0.2, 0) is 27.4 Å². The highest BCUT2D eigenvalue weighted by Gasteiger charge is 2.28. The van der Waals surface area contributed by atoms with Crippen molar-refractivity contribution in [1.29, 1.82) is 0 Å². The van der Waals surface area contributed by atoms with Gasteiger partial charge in [0, 0.05) is 0 Å². The average Bonchev–Trinajstić information content (AvgIpc) is 2.77. The number of rotatable bonds is 4. The number of sulfone groups is 1. The lowest BCUT2D eigenvalue weighted by atomic mass is 10.1. The molecule has 2 rings (SSSR count). The first kappa shape index (κ1) is 15.0. The van der Waals surface area contributed by atoms with Crippen LogP contribution in [0.2, 0.25) is 0 Å². The molecule has 0 fully saturated rings. The van der Waals surface area contributed by atoms with Gasteiger partial charge in [-0.2, -0.15) is 0 Å². The number of carbonyl (C=O) groups excluding carboxylic acids is 1. The number of ether oxygens (including phenoxy) is 1. The van der Waals surface area contributed by atoms with E-state index >= 15 is 0 Å². The SMILES string of the molecule is COC(=O)c1ccc2c(c1)C[C@H](CS(=O)(=O)C(C)C)C2. The van der Waals surface area contributed by atoms with Crippen molar-refractivity contribution >= 4 is 15.8 Å². The maximum absolute atomic E-state index is 12.0. The number of carbonyl (C=O) groups is 1. The van der Waals surface area contributed by atoms with Gasteiger partial charge in [0.05, 0.1) is 23.7 Å². The Bertz CT molecular complexity index is 617. The monoisotopic (exact) mass is 296 g/mol. The van der Waals surface area contributed by atoms with Crippen LogP contribution in [-0.4, -0.2) is 32.5 Å². The third-order valence-electron chi connectivity index (χ3n) is 3.83. The van der Waals surface area contributed by atoms with Gasteiger partial charge in [-0.3, -0.25) is 0 Å². The van der Waals surface area contributed by atoms with Crippen LogP contribution in [0.1, 0.15) is 35.3 Å². The van der Waals surface area contributed by atoms with Crippen molar-refractivity contribution in [1.82, 2.24) is 0 Å². The Kier molecular flexibility index (Phi) is 4.18. The molecular formula is C15H20O4S. The molecule has 5 heteroatoms. The Morgan fingerprint density at radius 2 is 1.95 bits per heavy atom. The van der Waals surface area contributed by atoms with Gasteiger partial charge in [0.1, 0.15) is 0 Å². The summed E-state index contributed by atoms with van der Waals surface area (Å²) in [6, 6.07) is 5.47. The highest BCUT2D eigenvalue weighted by Crippen LogP contribution is 2.29. The van der Waals surface area contributed by atoms with Gasteiger partial charge >= 0.3 is 5.97 Å². The minimum Gasteiger partial charge on any atom is -0.465 e. The van der Waals surface area contributed by atoms with E-state index in [4.69, 9.17) is 4.74 Å². The minimum absolute atomic E-state index is 0.116. The molecular weight excluding hydrogens is 276 g/mol. The molecule has 0 amide bonds. The zero-order valence-electron chi connectivity index (χ0n) is 12.0. The van der Waals surface area contributed by atoms with Crippen LogP contribution in [0.25, 0.3) is 0 Å². The van der Waals surface area contributed by atoms with E-state index in [2.05, 4.69) is 0 Å². The van der Waals surface area contributed by atoms with Crippen molar-refractivity contribution in [2.45, 2.75) is 31.9 Å². The molecule has 0 aliphatic heterocycles. The Labute approximate surface area is 120 Å². The molecule has 1 aromatic rings. The van der Waals surface area contributed by atoms with E-state index in [-0.39, 0.29) is 22.9 Å². The highest BCUT2D eigenvalue weighted by atomic mass is 32.2. The summed E-state index contributed by atoms with van der Waals surface area (Å²) < 4.78 is 28.7. The van der Waals surface area contributed by atoms with E-state index in [1.54, 1.807) is 19.9 Å². The Morgan fingerprint density at radius 1 is 1.30 bits per heavy atom. The summed E-state index contributed by atoms with van der Waals surface area (Å²) in [5, 5.41) is -0.336. The fourth-order valence-corrected chi connectivity index (χ4v) is 3.87. The average molecular weight is 296 g/mol. The van der Waals surface area contributed by atoms with E-state index in [1.165, 1.54) is 7.11 Å². The van der Waals surface area contributed by atoms with Crippen molar-refractivity contribution in [3.05, 3.63) is 34.9 Å². The molecule has 1 aromatic carbocycles. The fourth-order valence-electron chi connectivity index (χ4n) is 2.59. The number of esters is 1. The first-order valence-corrected chi connectivity index (χ1v) is 8.46. The van der Waals surface area contributed by atoms with Gasteiger partial charge < -0.3 is 4.74 Å². The smallest absolute Gasteiger partial charge is 0.337 e. The predicted molar refractivity (Wildman–Crippen MR) is 77.6 cm³/mol. The second kappa shape index (κ2) is 5.56. The first-order chi connectivity index (χ1) is 9.33. The Hall–Kier alpha value is -1.36. The standard InChI is InChI=1S/C15H20O4S/c1-10(2)20(17,18)9-11-6-12-4-5-13(15(16)19-3)8-14(12)7-11/h4-5,8,10-11H,6-7,9H2,1-3H3/t11-/m1/s1. The van der Waals surface area contributed by atoms with E-state index in [0.29, 0.717) is 12.0 Å². The zero-order chi connectivity index (χ0) is 14.9. The summed E-state index contributed by atoms with van der Waals surface area (Å²) in [7, 11) is -1.67. The third-order valence-corrected chi connectivity index (χ3v) is 6.20. The van der Waals surface area contributed by atoms with Crippen LogP contribution >= 0.6 is 0 Å². The lowest BCUT2D eigenvalue weighted by molar-refractivity contribution is 0.0600. The van der Waals surface area contributed by atoms with Crippen molar-refractivity contribution in [2.24, 2.45) is 5.92 Å². The third kappa shape index (κ3) is 3.03. The lowest BCUT2D eigenvalue weighted by Crippen LogP contribution is -2.23. The van der Waals surface area contributed by atoms with E-state index in [9.17, 15) is 13.2 Å². The van der Waals surface area contributed by atoms with Gasteiger partial charge in [0.2, 0.25) is 0 Å². The zero-order valence-corrected chi connectivity index (χ0v) is 12.9. The molecule has 0 saturated heterocycles. The molecule has 0 N–H and O–H groups in total. The van der Waals surface area contributed by atoms with E-state index in [1.807, 2.05) is 12.1 Å². The van der Waals surface area contributed by atoms with Gasteiger partial charge in [-0.25, -0.2) is 13.2 Å². The summed E-state index contributed by atoms with van der Waals surface area (Å²) in [4.78, 5) is 11.5. The molecule has 1 atom stereocenters. The summed E-state index contributed by atoms with van der Waals surface area (Å²) in [6.07, 6.45) is 1.48. The van der Waals surface area contributed by atoms with E-state index < -0.39 is 9.84 Å². The fraction of sp³-hybridized carbons (Fsp3) is 0.533. The molecule has 0 spiro atoms. The summed E-state index contributed by atoms with van der Waals surface area (Å²) in [5.74, 6) is -0.0243. The lowest BCUT2D eigenvalue weighted by Gasteiger charge is -2.12. The van der Waals surface area contributed by atoms with Gasteiger partial charge in [-0.1, -0.05) is 6.07 Å². The van der Waals surface area contributed by atoms with Gasteiger partial charge in [0.15, 0.2) is 9.84 Å². The number of fused-ring (bicyclic) bond motifs is 1. The summed E-state index contributed by atoms with van der Waals surface area (Å²) >= 11 is 0. The molecule has 110 valence electrons. The molecule has 4 nitrogen and oxygen atoms in total. The molecule has 0 heterocycles. The van der Waals surface area contributed by atoms with Crippen LogP contribution in [0.4, 0.5) is 0 Å². The maximum Gasteiger partial charge on any atom is 0.337 e. The van der Waals surface area contributed by atoms with Crippen molar-refractivity contribution in [2.75, 3.05) is 12.9 Å². The van der Waals surface area contributed by atoms with Crippen molar-refractivity contribution < 1.29 is 17.9 Å². The van der Waals surface area contributed by atoms with E-state index in [0.717, 1.165) is 17.5 Å². The minimum atomic E-state index is -3.02. The quantitative estimate of drug-likeness (QED) is 0.797. The number of hydrogen-bond donors (Lipinski definition) is 0. The predicted octanol–water partition coefficient (Wildman–Crippen LogP) is 2.01.